The number of likely N-dealkylation sites (tertiary alicyclic amines) is 1. The molecule has 7 amide bonds. The predicted octanol–water partition coefficient (Wildman–Crippen LogP) is 3.43. The second-order valence-electron chi connectivity index (χ2n) is 18.6. The maximum atomic E-state index is 14.2. The Morgan fingerprint density at radius 3 is 1.79 bits per heavy atom. The lowest BCUT2D eigenvalue weighted by Crippen LogP contribution is -2.69. The SMILES string of the molecule is CC(C)C[C@@H](NC(=O)[C@@H](Cc1ccccc1)NC(=O)[C@@H](Cc1ccccc1)NC(=O)O)C(=O)N[C@H](CCCCNC(=O)OC(C)(C)C)C(=O)N1CC2(C1)CC1(CNC(=O)C1)C2. The third kappa shape index (κ3) is 13.7. The number of hydrogen-bond donors (Lipinski definition) is 7. The van der Waals surface area contributed by atoms with Gasteiger partial charge in [0, 0.05) is 50.9 Å². The van der Waals surface area contributed by atoms with E-state index >= 15 is 0 Å². The van der Waals surface area contributed by atoms with Crippen LogP contribution in [0.2, 0.25) is 0 Å². The second-order valence-corrected chi connectivity index (χ2v) is 18.6. The number of carbonyl (C=O) groups is 7. The smallest absolute Gasteiger partial charge is 0.407 e. The first-order valence-corrected chi connectivity index (χ1v) is 21.3. The summed E-state index contributed by atoms with van der Waals surface area (Å²) in [6.07, 6.45) is 1.89. The number of nitrogens with zero attached hydrogens (tertiary/aromatic N) is 1. The summed E-state index contributed by atoms with van der Waals surface area (Å²) in [5.41, 5.74) is 0.703. The standard InChI is InChI=1S/C45H63N7O9/c1-29(2)20-33(49-38(55)34(21-30-14-8-6-9-15-30)50-39(56)35(51-41(58)59)22-31-16-10-7-11-17-31)37(54)48-32(18-12-13-19-46-42(60)61-43(3,4)5)40(57)52-27-45(28-52)24-44(25-45)23-36(53)47-26-44/h6-11,14-17,29,32-35,51H,12-13,18-28H2,1-5H3,(H,46,60)(H,47,53)(H,48,54)(H,49,55)(H,50,56)(H,58,59)/t32-,33-,34-,35-/m1/s1. The normalized spacial score (nSPS) is 18.1. The summed E-state index contributed by atoms with van der Waals surface area (Å²) in [7, 11) is 0. The van der Waals surface area contributed by atoms with Gasteiger partial charge in [0.25, 0.3) is 0 Å². The minimum atomic E-state index is -1.40. The minimum absolute atomic E-state index is 0.0411. The zero-order valence-corrected chi connectivity index (χ0v) is 36.0. The molecule has 3 fully saturated rings. The Labute approximate surface area is 358 Å². The number of carboxylic acid groups (broad SMARTS) is 1. The largest absolute Gasteiger partial charge is 0.465 e. The van der Waals surface area contributed by atoms with Crippen molar-refractivity contribution in [2.45, 2.75) is 122 Å². The number of carbonyl (C=O) groups excluding carboxylic acids is 6. The molecule has 3 aliphatic rings. The summed E-state index contributed by atoms with van der Waals surface area (Å²) >= 11 is 0. The van der Waals surface area contributed by atoms with Crippen LogP contribution in [0.4, 0.5) is 9.59 Å². The molecule has 2 saturated heterocycles. The predicted molar refractivity (Wildman–Crippen MR) is 227 cm³/mol. The van der Waals surface area contributed by atoms with Crippen LogP contribution in [0.3, 0.4) is 0 Å². The molecule has 5 rings (SSSR count). The first-order valence-electron chi connectivity index (χ1n) is 21.3. The highest BCUT2D eigenvalue weighted by molar-refractivity contribution is 5.95. The van der Waals surface area contributed by atoms with Crippen molar-refractivity contribution in [1.29, 1.82) is 0 Å². The van der Waals surface area contributed by atoms with Gasteiger partial charge < -0.3 is 46.6 Å². The Hall–Kier alpha value is -5.67. The third-order valence-electron chi connectivity index (χ3n) is 11.4. The van der Waals surface area contributed by atoms with Crippen LogP contribution in [-0.4, -0.2) is 108 Å². The quantitative estimate of drug-likeness (QED) is 0.103. The Morgan fingerprint density at radius 1 is 0.754 bits per heavy atom. The van der Waals surface area contributed by atoms with E-state index in [-0.39, 0.29) is 54.2 Å². The molecule has 2 aliphatic heterocycles. The van der Waals surface area contributed by atoms with Crippen LogP contribution in [0.25, 0.3) is 0 Å². The van der Waals surface area contributed by atoms with Gasteiger partial charge in [-0.2, -0.15) is 0 Å². The van der Waals surface area contributed by atoms with Crippen molar-refractivity contribution < 1.29 is 43.4 Å². The van der Waals surface area contributed by atoms with E-state index in [0.717, 1.165) is 18.4 Å². The van der Waals surface area contributed by atoms with Gasteiger partial charge in [-0.1, -0.05) is 74.5 Å². The van der Waals surface area contributed by atoms with Gasteiger partial charge in [-0.15, -0.1) is 0 Å². The Bertz CT molecular complexity index is 1870. The van der Waals surface area contributed by atoms with Crippen molar-refractivity contribution in [3.05, 3.63) is 71.8 Å². The lowest BCUT2D eigenvalue weighted by molar-refractivity contribution is -0.169. The molecule has 0 bridgehead atoms. The Morgan fingerprint density at radius 2 is 1.28 bits per heavy atom. The Balaban J connectivity index is 1.28. The summed E-state index contributed by atoms with van der Waals surface area (Å²) in [6, 6.07) is 13.5. The maximum absolute atomic E-state index is 14.2. The number of alkyl carbamates (subject to hydrolysis) is 1. The first kappa shape index (κ1) is 46.4. The van der Waals surface area contributed by atoms with Crippen LogP contribution in [0.1, 0.15) is 90.7 Å². The van der Waals surface area contributed by atoms with Crippen LogP contribution in [0.15, 0.2) is 60.7 Å². The van der Waals surface area contributed by atoms with Crippen molar-refractivity contribution in [2.24, 2.45) is 16.7 Å². The fraction of sp³-hybridized carbons (Fsp3) is 0.578. The van der Waals surface area contributed by atoms with Gasteiger partial charge in [-0.3, -0.25) is 24.0 Å². The highest BCUT2D eigenvalue weighted by atomic mass is 16.6. The highest BCUT2D eigenvalue weighted by Crippen LogP contribution is 2.61. The second kappa shape index (κ2) is 20.3. The van der Waals surface area contributed by atoms with E-state index in [9.17, 15) is 38.7 Å². The van der Waals surface area contributed by atoms with Gasteiger partial charge in [0.15, 0.2) is 0 Å². The molecule has 1 saturated carbocycles. The van der Waals surface area contributed by atoms with Crippen LogP contribution >= 0.6 is 0 Å². The lowest BCUT2D eigenvalue weighted by Gasteiger charge is -2.63. The van der Waals surface area contributed by atoms with Crippen molar-refractivity contribution in [1.82, 2.24) is 36.8 Å². The third-order valence-corrected chi connectivity index (χ3v) is 11.4. The summed E-state index contributed by atoms with van der Waals surface area (Å²) in [5.74, 6) is -2.14. The van der Waals surface area contributed by atoms with Gasteiger partial charge >= 0.3 is 12.2 Å². The highest BCUT2D eigenvalue weighted by Gasteiger charge is 2.62. The summed E-state index contributed by atoms with van der Waals surface area (Å²) in [6.45, 7) is 11.2. The van der Waals surface area contributed by atoms with E-state index < -0.39 is 59.7 Å². The molecular formula is C45H63N7O9. The van der Waals surface area contributed by atoms with E-state index in [2.05, 4.69) is 31.9 Å². The molecule has 2 aromatic carbocycles. The summed E-state index contributed by atoms with van der Waals surface area (Å²) in [4.78, 5) is 93.9. The van der Waals surface area contributed by atoms with Crippen molar-refractivity contribution >= 4 is 41.7 Å². The molecule has 0 aromatic heterocycles. The van der Waals surface area contributed by atoms with E-state index in [1.807, 2.05) is 19.9 Å². The van der Waals surface area contributed by atoms with Crippen LogP contribution < -0.4 is 31.9 Å². The number of unbranched alkanes of at least 4 members (excludes halogenated alkanes) is 1. The number of benzene rings is 2. The summed E-state index contributed by atoms with van der Waals surface area (Å²) in [5, 5.41) is 26.0. The number of ether oxygens (including phenoxy) is 1. The molecule has 61 heavy (non-hydrogen) atoms. The fourth-order valence-corrected chi connectivity index (χ4v) is 8.93. The van der Waals surface area contributed by atoms with Gasteiger partial charge in [-0.05, 0) is 81.8 Å². The monoisotopic (exact) mass is 845 g/mol. The van der Waals surface area contributed by atoms with Gasteiger partial charge in [0.1, 0.15) is 29.8 Å². The summed E-state index contributed by atoms with van der Waals surface area (Å²) < 4.78 is 5.32. The molecule has 1 aliphatic carbocycles. The fourth-order valence-electron chi connectivity index (χ4n) is 8.93. The molecule has 4 atom stereocenters. The van der Waals surface area contributed by atoms with Crippen molar-refractivity contribution in [2.75, 3.05) is 26.2 Å². The molecule has 7 N–H and O–H groups in total. The zero-order chi connectivity index (χ0) is 44.4. The van der Waals surface area contributed by atoms with E-state index in [1.54, 1.807) is 80.3 Å². The molecular weight excluding hydrogens is 783 g/mol. The molecule has 332 valence electrons. The molecule has 0 unspecified atom stereocenters. The minimum Gasteiger partial charge on any atom is -0.465 e. The van der Waals surface area contributed by atoms with E-state index in [1.165, 1.54) is 0 Å². The molecule has 16 heteroatoms. The lowest BCUT2D eigenvalue weighted by atomic mass is 9.49. The van der Waals surface area contributed by atoms with Crippen molar-refractivity contribution in [3.8, 4) is 0 Å². The van der Waals surface area contributed by atoms with Crippen LogP contribution in [0, 0.1) is 16.7 Å². The molecule has 2 spiro atoms. The van der Waals surface area contributed by atoms with Crippen molar-refractivity contribution in [3.63, 3.8) is 0 Å². The van der Waals surface area contributed by atoms with E-state index in [4.69, 9.17) is 4.74 Å². The molecule has 2 aromatic rings. The van der Waals surface area contributed by atoms with E-state index in [0.29, 0.717) is 51.0 Å². The topological polar surface area (TPSA) is 224 Å². The number of rotatable bonds is 19. The Kier molecular flexibility index (Phi) is 15.4. The average molecular weight is 846 g/mol. The zero-order valence-electron chi connectivity index (χ0n) is 36.0. The number of nitrogens with one attached hydrogen (secondary N) is 6. The van der Waals surface area contributed by atoms with Crippen LogP contribution in [0.5, 0.6) is 0 Å². The van der Waals surface area contributed by atoms with Gasteiger partial charge in [-0.25, -0.2) is 9.59 Å². The maximum Gasteiger partial charge on any atom is 0.407 e. The van der Waals surface area contributed by atoms with Gasteiger partial charge in [0.2, 0.25) is 29.5 Å². The first-order chi connectivity index (χ1) is 28.8. The number of amides is 7. The number of hydrogen-bond acceptors (Lipinski definition) is 8. The molecule has 16 nitrogen and oxygen atoms in total. The van der Waals surface area contributed by atoms with Gasteiger partial charge in [0.05, 0.1) is 0 Å². The molecule has 2 heterocycles. The van der Waals surface area contributed by atoms with Crippen LogP contribution in [-0.2, 0) is 41.6 Å². The average Bonchev–Trinajstić information content (AvgIpc) is 3.55. The molecule has 0 radical (unpaired) electrons.